The molecule has 28 heavy (non-hydrogen) atoms. The molecule has 0 aliphatic rings. The molecule has 1 aromatic carbocycles. The van der Waals surface area contributed by atoms with Gasteiger partial charge in [-0.05, 0) is 39.2 Å². The van der Waals surface area contributed by atoms with Crippen LogP contribution >= 0.6 is 24.0 Å². The molecular formula is C21H37IN4O2. The number of ether oxygens (including phenoxy) is 1. The van der Waals surface area contributed by atoms with E-state index in [1.54, 1.807) is 0 Å². The minimum Gasteiger partial charge on any atom is -0.381 e. The van der Waals surface area contributed by atoms with Crippen molar-refractivity contribution in [3.8, 4) is 0 Å². The quantitative estimate of drug-likeness (QED) is 0.188. The summed E-state index contributed by atoms with van der Waals surface area (Å²) in [5, 5.41) is 6.44. The zero-order chi connectivity index (χ0) is 19.7. The Balaban J connectivity index is 0.00000729. The lowest BCUT2D eigenvalue weighted by molar-refractivity contribution is -0.130. The van der Waals surface area contributed by atoms with Gasteiger partial charge in [0.05, 0.1) is 6.61 Å². The van der Waals surface area contributed by atoms with E-state index in [0.29, 0.717) is 26.1 Å². The van der Waals surface area contributed by atoms with E-state index in [1.807, 2.05) is 31.7 Å². The molecule has 0 saturated heterocycles. The van der Waals surface area contributed by atoms with Gasteiger partial charge in [0.2, 0.25) is 5.91 Å². The molecule has 0 saturated carbocycles. The molecule has 0 bridgehead atoms. The molecule has 0 aliphatic heterocycles. The van der Waals surface area contributed by atoms with Gasteiger partial charge in [0.15, 0.2) is 5.96 Å². The number of aliphatic imine (C=N–C) groups is 1. The molecule has 2 N–H and O–H groups in total. The van der Waals surface area contributed by atoms with Gasteiger partial charge < -0.3 is 20.3 Å². The topological polar surface area (TPSA) is 66.0 Å². The zero-order valence-corrected chi connectivity index (χ0v) is 19.9. The van der Waals surface area contributed by atoms with Crippen molar-refractivity contribution >= 4 is 35.8 Å². The van der Waals surface area contributed by atoms with Crippen molar-refractivity contribution in [2.75, 3.05) is 45.9 Å². The second-order valence-corrected chi connectivity index (χ2v) is 6.20. The number of rotatable bonds is 13. The van der Waals surface area contributed by atoms with Gasteiger partial charge in [0.25, 0.3) is 0 Å². The summed E-state index contributed by atoms with van der Waals surface area (Å²) in [6.07, 6.45) is 2.30. The van der Waals surface area contributed by atoms with Crippen LogP contribution in [-0.4, -0.2) is 62.7 Å². The maximum absolute atomic E-state index is 12.0. The molecule has 1 aromatic rings. The maximum atomic E-state index is 12.0. The third-order valence-electron chi connectivity index (χ3n) is 4.19. The first kappa shape index (κ1) is 26.6. The van der Waals surface area contributed by atoms with E-state index in [9.17, 15) is 4.79 Å². The summed E-state index contributed by atoms with van der Waals surface area (Å²) >= 11 is 0. The minimum absolute atomic E-state index is 0. The van der Waals surface area contributed by atoms with E-state index in [-0.39, 0.29) is 29.9 Å². The Morgan fingerprint density at radius 3 is 2.43 bits per heavy atom. The second kappa shape index (κ2) is 17.7. The molecule has 0 unspecified atom stereocenters. The van der Waals surface area contributed by atoms with E-state index < -0.39 is 0 Å². The lowest BCUT2D eigenvalue weighted by Gasteiger charge is -2.19. The Morgan fingerprint density at radius 1 is 1.07 bits per heavy atom. The lowest BCUT2D eigenvalue weighted by atomic mass is 10.2. The molecule has 0 radical (unpaired) electrons. The van der Waals surface area contributed by atoms with Crippen LogP contribution in [0.3, 0.4) is 0 Å². The minimum atomic E-state index is 0. The molecule has 1 rings (SSSR count). The van der Waals surface area contributed by atoms with Gasteiger partial charge in [0.1, 0.15) is 0 Å². The van der Waals surface area contributed by atoms with Crippen LogP contribution < -0.4 is 10.6 Å². The standard InChI is InChI=1S/C21H36N4O2.HI/c1-4-22-21(24-16-13-20(26)25(5-2)6-3)23-15-10-17-27-18-14-19-11-8-7-9-12-19;/h7-9,11-12H,4-6,10,13-18H2,1-3H3,(H2,22,23,24);1H. The summed E-state index contributed by atoms with van der Waals surface area (Å²) in [5.74, 6) is 0.935. The highest BCUT2D eigenvalue weighted by Crippen LogP contribution is 1.99. The highest BCUT2D eigenvalue weighted by atomic mass is 127. The first-order valence-corrected chi connectivity index (χ1v) is 10.1. The average Bonchev–Trinajstić information content (AvgIpc) is 2.69. The summed E-state index contributed by atoms with van der Waals surface area (Å²) in [6, 6.07) is 10.4. The number of halogens is 1. The first-order valence-electron chi connectivity index (χ1n) is 10.1. The normalized spacial score (nSPS) is 10.9. The van der Waals surface area contributed by atoms with Crippen LogP contribution in [-0.2, 0) is 16.0 Å². The second-order valence-electron chi connectivity index (χ2n) is 6.20. The summed E-state index contributed by atoms with van der Waals surface area (Å²) in [7, 11) is 0. The van der Waals surface area contributed by atoms with E-state index >= 15 is 0 Å². The van der Waals surface area contributed by atoms with Crippen molar-refractivity contribution < 1.29 is 9.53 Å². The Hall–Kier alpha value is -1.35. The third-order valence-corrected chi connectivity index (χ3v) is 4.19. The molecule has 0 atom stereocenters. The summed E-state index contributed by atoms with van der Waals surface area (Å²) < 4.78 is 5.68. The van der Waals surface area contributed by atoms with E-state index in [0.717, 1.165) is 45.0 Å². The number of amides is 1. The molecule has 0 heterocycles. The fourth-order valence-corrected chi connectivity index (χ4v) is 2.66. The van der Waals surface area contributed by atoms with Gasteiger partial charge in [0, 0.05) is 45.8 Å². The predicted octanol–water partition coefficient (Wildman–Crippen LogP) is 3.07. The summed E-state index contributed by atoms with van der Waals surface area (Å²) in [4.78, 5) is 18.4. The van der Waals surface area contributed by atoms with Crippen LogP contribution in [0, 0.1) is 0 Å². The van der Waals surface area contributed by atoms with E-state index in [4.69, 9.17) is 4.74 Å². The molecule has 7 heteroatoms. The lowest BCUT2D eigenvalue weighted by Crippen LogP contribution is -2.40. The molecule has 0 fully saturated rings. The smallest absolute Gasteiger partial charge is 0.224 e. The SMILES string of the molecule is CCNC(=NCCCOCCc1ccccc1)NCCC(=O)N(CC)CC.I. The Bertz CT molecular complexity index is 536. The fourth-order valence-electron chi connectivity index (χ4n) is 2.66. The number of benzene rings is 1. The molecule has 6 nitrogen and oxygen atoms in total. The van der Waals surface area contributed by atoms with E-state index in [1.165, 1.54) is 5.56 Å². The number of hydrogen-bond acceptors (Lipinski definition) is 3. The van der Waals surface area contributed by atoms with Crippen molar-refractivity contribution in [2.45, 2.75) is 40.0 Å². The number of carbonyl (C=O) groups excluding carboxylic acids is 1. The Morgan fingerprint density at radius 2 is 1.79 bits per heavy atom. The predicted molar refractivity (Wildman–Crippen MR) is 128 cm³/mol. The van der Waals surface area contributed by atoms with Crippen LogP contribution in [0.15, 0.2) is 35.3 Å². The van der Waals surface area contributed by atoms with Crippen LogP contribution in [0.4, 0.5) is 0 Å². The van der Waals surface area contributed by atoms with Gasteiger partial charge in [-0.3, -0.25) is 9.79 Å². The molecule has 1 amide bonds. The monoisotopic (exact) mass is 504 g/mol. The number of hydrogen-bond donors (Lipinski definition) is 2. The number of guanidine groups is 1. The maximum Gasteiger partial charge on any atom is 0.224 e. The number of nitrogens with zero attached hydrogens (tertiary/aromatic N) is 2. The first-order chi connectivity index (χ1) is 13.2. The average molecular weight is 504 g/mol. The van der Waals surface area contributed by atoms with Crippen LogP contribution in [0.5, 0.6) is 0 Å². The Kier molecular flexibility index (Phi) is 16.9. The van der Waals surface area contributed by atoms with Crippen molar-refractivity contribution in [1.29, 1.82) is 0 Å². The largest absolute Gasteiger partial charge is 0.381 e. The van der Waals surface area contributed by atoms with Crippen LogP contribution in [0.1, 0.15) is 39.2 Å². The van der Waals surface area contributed by atoms with Gasteiger partial charge in [-0.2, -0.15) is 0 Å². The fraction of sp³-hybridized carbons (Fsp3) is 0.619. The summed E-state index contributed by atoms with van der Waals surface area (Å²) in [5.41, 5.74) is 1.30. The van der Waals surface area contributed by atoms with Crippen molar-refractivity contribution in [3.63, 3.8) is 0 Å². The summed E-state index contributed by atoms with van der Waals surface area (Å²) in [6.45, 7) is 11.1. The molecule has 0 aromatic heterocycles. The van der Waals surface area contributed by atoms with Gasteiger partial charge in [-0.1, -0.05) is 30.3 Å². The van der Waals surface area contributed by atoms with Crippen molar-refractivity contribution in [1.82, 2.24) is 15.5 Å². The van der Waals surface area contributed by atoms with Crippen molar-refractivity contribution in [3.05, 3.63) is 35.9 Å². The highest BCUT2D eigenvalue weighted by Gasteiger charge is 2.08. The number of nitrogens with one attached hydrogen (secondary N) is 2. The molecule has 0 spiro atoms. The molecule has 0 aliphatic carbocycles. The van der Waals surface area contributed by atoms with Crippen LogP contribution in [0.2, 0.25) is 0 Å². The zero-order valence-electron chi connectivity index (χ0n) is 17.6. The van der Waals surface area contributed by atoms with Crippen molar-refractivity contribution in [2.24, 2.45) is 4.99 Å². The van der Waals surface area contributed by atoms with Gasteiger partial charge in [-0.25, -0.2) is 0 Å². The van der Waals surface area contributed by atoms with Crippen LogP contribution in [0.25, 0.3) is 0 Å². The van der Waals surface area contributed by atoms with E-state index in [2.05, 4.69) is 39.9 Å². The molecule has 160 valence electrons. The number of carbonyl (C=O) groups is 1. The molecular weight excluding hydrogens is 467 g/mol. The van der Waals surface area contributed by atoms with Gasteiger partial charge >= 0.3 is 0 Å². The van der Waals surface area contributed by atoms with Gasteiger partial charge in [-0.15, -0.1) is 24.0 Å². The Labute approximate surface area is 187 Å². The highest BCUT2D eigenvalue weighted by molar-refractivity contribution is 14.0. The third kappa shape index (κ3) is 12.2.